The number of nitrogens with zero attached hydrogens (tertiary/aromatic N) is 1. The van der Waals surface area contributed by atoms with E-state index in [2.05, 4.69) is 28.6 Å². The molecule has 2 N–H and O–H groups in total. The molecule has 0 amide bonds. The van der Waals surface area contributed by atoms with Gasteiger partial charge in [-0.1, -0.05) is 12.1 Å². The number of hydrogen-bond acceptors (Lipinski definition) is 3. The lowest BCUT2D eigenvalue weighted by atomic mass is 10.1. The molecule has 0 saturated heterocycles. The summed E-state index contributed by atoms with van der Waals surface area (Å²) in [6.45, 7) is 8.04. The van der Waals surface area contributed by atoms with Crippen molar-refractivity contribution in [1.82, 2.24) is 10.6 Å². The van der Waals surface area contributed by atoms with Gasteiger partial charge in [0.1, 0.15) is 12.4 Å². The lowest BCUT2D eigenvalue weighted by molar-refractivity contribution is 0.0268. The molecular formula is C16H27N3O2. The predicted molar refractivity (Wildman–Crippen MR) is 87.1 cm³/mol. The van der Waals surface area contributed by atoms with Crippen LogP contribution < -0.4 is 15.4 Å². The van der Waals surface area contributed by atoms with Crippen molar-refractivity contribution >= 4 is 5.96 Å². The molecule has 0 bridgehead atoms. The van der Waals surface area contributed by atoms with Crippen molar-refractivity contribution in [3.63, 3.8) is 0 Å². The summed E-state index contributed by atoms with van der Waals surface area (Å²) in [5.41, 5.74) is 0.968. The minimum Gasteiger partial charge on any atom is -0.492 e. The molecule has 0 spiro atoms. The molecule has 0 heterocycles. The van der Waals surface area contributed by atoms with Crippen molar-refractivity contribution in [3.8, 4) is 5.75 Å². The van der Waals surface area contributed by atoms with Crippen LogP contribution in [0.15, 0.2) is 29.3 Å². The van der Waals surface area contributed by atoms with Gasteiger partial charge in [0.05, 0.1) is 12.1 Å². The molecule has 0 aromatic heterocycles. The van der Waals surface area contributed by atoms with Crippen molar-refractivity contribution in [2.75, 3.05) is 33.9 Å². The summed E-state index contributed by atoms with van der Waals surface area (Å²) in [7, 11) is 3.45. The molecule has 21 heavy (non-hydrogen) atoms. The number of guanidine groups is 1. The SMILES string of the molecule is CN=C(NCCOc1cccc(C)c1)NCC(C)(C)OC. The molecule has 0 aliphatic rings. The van der Waals surface area contributed by atoms with E-state index in [4.69, 9.17) is 9.47 Å². The van der Waals surface area contributed by atoms with Gasteiger partial charge in [-0.3, -0.25) is 4.99 Å². The number of benzene rings is 1. The molecular weight excluding hydrogens is 266 g/mol. The Morgan fingerprint density at radius 1 is 1.29 bits per heavy atom. The lowest BCUT2D eigenvalue weighted by Gasteiger charge is -2.24. The van der Waals surface area contributed by atoms with Gasteiger partial charge in [-0.15, -0.1) is 0 Å². The molecule has 1 aromatic rings. The first kappa shape index (κ1) is 17.3. The van der Waals surface area contributed by atoms with Crippen LogP contribution in [0, 0.1) is 6.92 Å². The Kier molecular flexibility index (Phi) is 7.02. The molecule has 0 radical (unpaired) electrons. The van der Waals surface area contributed by atoms with E-state index >= 15 is 0 Å². The number of ether oxygens (including phenoxy) is 2. The van der Waals surface area contributed by atoms with Crippen LogP contribution in [0.1, 0.15) is 19.4 Å². The predicted octanol–water partition coefficient (Wildman–Crippen LogP) is 1.96. The third-order valence-electron chi connectivity index (χ3n) is 3.11. The second-order valence-corrected chi connectivity index (χ2v) is 5.48. The molecule has 1 aromatic carbocycles. The number of aryl methyl sites for hydroxylation is 1. The standard InChI is InChI=1S/C16H27N3O2/c1-13-7-6-8-14(11-13)21-10-9-18-15(17-4)19-12-16(2,3)20-5/h6-8,11H,9-10,12H2,1-5H3,(H2,17,18,19). The Hall–Kier alpha value is -1.75. The smallest absolute Gasteiger partial charge is 0.191 e. The molecule has 0 aliphatic carbocycles. The van der Waals surface area contributed by atoms with E-state index in [1.54, 1.807) is 14.2 Å². The highest BCUT2D eigenvalue weighted by Crippen LogP contribution is 2.11. The Morgan fingerprint density at radius 3 is 2.67 bits per heavy atom. The van der Waals surface area contributed by atoms with E-state index in [0.717, 1.165) is 11.7 Å². The highest BCUT2D eigenvalue weighted by atomic mass is 16.5. The zero-order valence-electron chi connectivity index (χ0n) is 13.7. The van der Waals surface area contributed by atoms with Crippen molar-refractivity contribution in [2.24, 2.45) is 4.99 Å². The largest absolute Gasteiger partial charge is 0.492 e. The number of methoxy groups -OCH3 is 1. The third kappa shape index (κ3) is 6.99. The zero-order valence-corrected chi connectivity index (χ0v) is 13.7. The number of aliphatic imine (C=N–C) groups is 1. The van der Waals surface area contributed by atoms with Crippen molar-refractivity contribution in [1.29, 1.82) is 0 Å². The van der Waals surface area contributed by atoms with Gasteiger partial charge in [-0.05, 0) is 38.5 Å². The summed E-state index contributed by atoms with van der Waals surface area (Å²) < 4.78 is 11.0. The summed E-state index contributed by atoms with van der Waals surface area (Å²) >= 11 is 0. The van der Waals surface area contributed by atoms with Gasteiger partial charge in [0.2, 0.25) is 0 Å². The van der Waals surface area contributed by atoms with Gasteiger partial charge in [0.15, 0.2) is 5.96 Å². The van der Waals surface area contributed by atoms with E-state index in [1.165, 1.54) is 5.56 Å². The Bertz CT molecular complexity index is 459. The van der Waals surface area contributed by atoms with Gasteiger partial charge in [0, 0.05) is 20.7 Å². The van der Waals surface area contributed by atoms with Gasteiger partial charge in [-0.25, -0.2) is 0 Å². The fraction of sp³-hybridized carbons (Fsp3) is 0.562. The fourth-order valence-electron chi connectivity index (χ4n) is 1.63. The van der Waals surface area contributed by atoms with Crippen LogP contribution in [0.3, 0.4) is 0 Å². The Morgan fingerprint density at radius 2 is 2.05 bits per heavy atom. The minimum absolute atomic E-state index is 0.227. The fourth-order valence-corrected chi connectivity index (χ4v) is 1.63. The summed E-state index contributed by atoms with van der Waals surface area (Å²) in [5.74, 6) is 1.63. The summed E-state index contributed by atoms with van der Waals surface area (Å²) in [4.78, 5) is 4.17. The van der Waals surface area contributed by atoms with Crippen LogP contribution in [0.4, 0.5) is 0 Å². The number of hydrogen-bond donors (Lipinski definition) is 2. The van der Waals surface area contributed by atoms with Crippen LogP contribution in [-0.4, -0.2) is 45.4 Å². The van der Waals surface area contributed by atoms with Crippen LogP contribution in [0.25, 0.3) is 0 Å². The normalized spacial score (nSPS) is 12.1. The average Bonchev–Trinajstić information content (AvgIpc) is 2.46. The first-order valence-electron chi connectivity index (χ1n) is 7.16. The first-order valence-corrected chi connectivity index (χ1v) is 7.16. The highest BCUT2D eigenvalue weighted by Gasteiger charge is 2.16. The van der Waals surface area contributed by atoms with Crippen LogP contribution in [0.2, 0.25) is 0 Å². The van der Waals surface area contributed by atoms with Crippen molar-refractivity contribution in [2.45, 2.75) is 26.4 Å². The summed E-state index contributed by atoms with van der Waals surface area (Å²) in [6, 6.07) is 8.02. The first-order chi connectivity index (χ1) is 9.96. The van der Waals surface area contributed by atoms with Crippen LogP contribution in [0.5, 0.6) is 5.75 Å². The van der Waals surface area contributed by atoms with Crippen molar-refractivity contribution in [3.05, 3.63) is 29.8 Å². The van der Waals surface area contributed by atoms with E-state index in [1.807, 2.05) is 32.0 Å². The topological polar surface area (TPSA) is 54.9 Å². The van der Waals surface area contributed by atoms with Gasteiger partial charge in [-0.2, -0.15) is 0 Å². The molecule has 0 aliphatic heterocycles. The second kappa shape index (κ2) is 8.52. The lowest BCUT2D eigenvalue weighted by Crippen LogP contribution is -2.46. The molecule has 0 unspecified atom stereocenters. The highest BCUT2D eigenvalue weighted by molar-refractivity contribution is 5.79. The van der Waals surface area contributed by atoms with E-state index < -0.39 is 0 Å². The maximum atomic E-state index is 5.68. The Balaban J connectivity index is 2.27. The van der Waals surface area contributed by atoms with E-state index in [-0.39, 0.29) is 5.60 Å². The zero-order chi connectivity index (χ0) is 15.7. The van der Waals surface area contributed by atoms with Crippen LogP contribution in [-0.2, 0) is 4.74 Å². The van der Waals surface area contributed by atoms with E-state index in [0.29, 0.717) is 19.7 Å². The molecule has 0 fully saturated rings. The molecule has 5 heteroatoms. The summed E-state index contributed by atoms with van der Waals surface area (Å²) in [5, 5.41) is 6.44. The number of rotatable bonds is 7. The van der Waals surface area contributed by atoms with Gasteiger partial charge in [0.25, 0.3) is 0 Å². The van der Waals surface area contributed by atoms with Crippen LogP contribution >= 0.6 is 0 Å². The minimum atomic E-state index is -0.227. The van der Waals surface area contributed by atoms with Crippen molar-refractivity contribution < 1.29 is 9.47 Å². The molecule has 0 atom stereocenters. The molecule has 5 nitrogen and oxygen atoms in total. The number of nitrogens with one attached hydrogen (secondary N) is 2. The summed E-state index contributed by atoms with van der Waals surface area (Å²) in [6.07, 6.45) is 0. The molecule has 118 valence electrons. The van der Waals surface area contributed by atoms with Gasteiger partial charge < -0.3 is 20.1 Å². The second-order valence-electron chi connectivity index (χ2n) is 5.48. The molecule has 0 saturated carbocycles. The average molecular weight is 293 g/mol. The monoisotopic (exact) mass is 293 g/mol. The Labute approximate surface area is 127 Å². The van der Waals surface area contributed by atoms with E-state index in [9.17, 15) is 0 Å². The maximum absolute atomic E-state index is 5.68. The third-order valence-corrected chi connectivity index (χ3v) is 3.11. The molecule has 1 rings (SSSR count). The van der Waals surface area contributed by atoms with Gasteiger partial charge >= 0.3 is 0 Å². The quantitative estimate of drug-likeness (QED) is 0.458. The maximum Gasteiger partial charge on any atom is 0.191 e.